The third kappa shape index (κ3) is 8.18. The van der Waals surface area contributed by atoms with Crippen LogP contribution in [0.15, 0.2) is 60.7 Å². The Balaban J connectivity index is 0.000000876. The minimum atomic E-state index is -1.14. The van der Waals surface area contributed by atoms with Gasteiger partial charge in [-0.2, -0.15) is 0 Å². The van der Waals surface area contributed by atoms with Crippen molar-refractivity contribution in [2.45, 2.75) is 84.3 Å². The molecule has 2 aromatic rings. The lowest BCUT2D eigenvalue weighted by atomic mass is 9.74. The van der Waals surface area contributed by atoms with Crippen LogP contribution in [0.1, 0.15) is 78.4 Å². The number of amides is 1. The molecule has 6 nitrogen and oxygen atoms in total. The quantitative estimate of drug-likeness (QED) is 0.400. The lowest BCUT2D eigenvalue weighted by molar-refractivity contribution is -0.140. The van der Waals surface area contributed by atoms with Crippen LogP contribution in [0.5, 0.6) is 0 Å². The normalized spacial score (nSPS) is 19.6. The Labute approximate surface area is 243 Å². The highest BCUT2D eigenvalue weighted by molar-refractivity contribution is 5.91. The topological polar surface area (TPSA) is 76.0 Å². The first-order chi connectivity index (χ1) is 19.5. The summed E-state index contributed by atoms with van der Waals surface area (Å²) in [6.45, 7) is 16.2. The molecule has 1 atom stereocenters. The summed E-state index contributed by atoms with van der Waals surface area (Å²) in [5.74, 6) is -0.0489. The van der Waals surface area contributed by atoms with E-state index >= 15 is 0 Å². The lowest BCUT2D eigenvalue weighted by Crippen LogP contribution is -2.56. The van der Waals surface area contributed by atoms with Gasteiger partial charge in [-0.1, -0.05) is 90.1 Å². The molecule has 3 aliphatic rings. The first-order valence-electron chi connectivity index (χ1n) is 15.5. The van der Waals surface area contributed by atoms with Crippen molar-refractivity contribution in [2.24, 2.45) is 0 Å². The molecule has 222 valence electrons. The summed E-state index contributed by atoms with van der Waals surface area (Å²) in [6, 6.07) is 18.3. The number of anilines is 1. The van der Waals surface area contributed by atoms with Gasteiger partial charge in [-0.15, -0.1) is 0 Å². The molecule has 40 heavy (non-hydrogen) atoms. The van der Waals surface area contributed by atoms with E-state index in [1.807, 2.05) is 78.0 Å². The number of rotatable bonds is 5. The van der Waals surface area contributed by atoms with Gasteiger partial charge in [-0.3, -0.25) is 4.79 Å². The Kier molecular flexibility index (Phi) is 13.9. The van der Waals surface area contributed by atoms with Crippen molar-refractivity contribution in [1.29, 1.82) is 0 Å². The molecule has 5 rings (SSSR count). The van der Waals surface area contributed by atoms with Crippen LogP contribution in [0.25, 0.3) is 6.08 Å². The molecular formula is C34H53N3O3. The van der Waals surface area contributed by atoms with E-state index in [0.717, 1.165) is 38.0 Å². The van der Waals surface area contributed by atoms with Crippen LogP contribution >= 0.6 is 0 Å². The van der Waals surface area contributed by atoms with Gasteiger partial charge in [-0.05, 0) is 62.0 Å². The molecule has 0 bridgehead atoms. The van der Waals surface area contributed by atoms with E-state index in [1.54, 1.807) is 11.0 Å². The number of aliphatic hydroxyl groups is 2. The number of carbonyl (C=O) groups excluding carboxylic acids is 1. The number of β-amino-alcohol motifs (C(OH)–C–C–N with tert-alkyl or cyclic N) is 1. The van der Waals surface area contributed by atoms with Gasteiger partial charge in [0.15, 0.2) is 0 Å². The van der Waals surface area contributed by atoms with Crippen molar-refractivity contribution in [3.05, 3.63) is 71.8 Å². The first kappa shape index (κ1) is 33.5. The monoisotopic (exact) mass is 551 g/mol. The van der Waals surface area contributed by atoms with Gasteiger partial charge in [0.25, 0.3) is 0 Å². The first-order valence-corrected chi connectivity index (χ1v) is 15.5. The smallest absolute Gasteiger partial charge is 0.246 e. The summed E-state index contributed by atoms with van der Waals surface area (Å²) in [5.41, 5.74) is 2.71. The van der Waals surface area contributed by atoms with E-state index in [4.69, 9.17) is 0 Å². The molecule has 6 heteroatoms. The molecule has 2 aromatic carbocycles. The van der Waals surface area contributed by atoms with Crippen LogP contribution in [-0.4, -0.2) is 76.9 Å². The molecule has 1 amide bonds. The summed E-state index contributed by atoms with van der Waals surface area (Å²) >= 11 is 0. The van der Waals surface area contributed by atoms with Gasteiger partial charge >= 0.3 is 0 Å². The summed E-state index contributed by atoms with van der Waals surface area (Å²) in [5, 5.41) is 25.7. The number of benzene rings is 2. The van der Waals surface area contributed by atoms with E-state index in [1.165, 1.54) is 11.3 Å². The Morgan fingerprint density at radius 3 is 2.08 bits per heavy atom. The van der Waals surface area contributed by atoms with Gasteiger partial charge in [0.2, 0.25) is 5.91 Å². The van der Waals surface area contributed by atoms with Crippen molar-refractivity contribution in [3.63, 3.8) is 0 Å². The Morgan fingerprint density at radius 1 is 0.875 bits per heavy atom. The van der Waals surface area contributed by atoms with Crippen LogP contribution in [0.4, 0.5) is 5.69 Å². The fraction of sp³-hybridized carbons (Fsp3) is 0.559. The highest BCUT2D eigenvalue weighted by Crippen LogP contribution is 2.44. The minimum absolute atomic E-state index is 0.0489. The predicted molar refractivity (Wildman–Crippen MR) is 169 cm³/mol. The van der Waals surface area contributed by atoms with E-state index in [9.17, 15) is 15.0 Å². The summed E-state index contributed by atoms with van der Waals surface area (Å²) in [4.78, 5) is 16.6. The fourth-order valence-corrected chi connectivity index (χ4v) is 5.77. The molecule has 2 saturated heterocycles. The Bertz CT molecular complexity index is 1020. The number of hydrogen-bond donors (Lipinski definition) is 3. The van der Waals surface area contributed by atoms with Gasteiger partial charge in [0.1, 0.15) is 0 Å². The number of nitrogens with zero attached hydrogens (tertiary/aromatic N) is 2. The van der Waals surface area contributed by atoms with E-state index in [-0.39, 0.29) is 11.3 Å². The van der Waals surface area contributed by atoms with Gasteiger partial charge in [-0.25, -0.2) is 0 Å². The minimum Gasteiger partial charge on any atom is -0.389 e. The zero-order valence-electron chi connectivity index (χ0n) is 25.7. The molecule has 3 heterocycles. The number of para-hydroxylation sites is 1. The van der Waals surface area contributed by atoms with Gasteiger partial charge < -0.3 is 25.3 Å². The molecule has 2 fully saturated rings. The fourth-order valence-electron chi connectivity index (χ4n) is 5.77. The molecule has 3 aliphatic heterocycles. The van der Waals surface area contributed by atoms with Crippen LogP contribution < -0.4 is 5.32 Å². The number of nitrogens with one attached hydrogen (secondary N) is 1. The third-order valence-corrected chi connectivity index (χ3v) is 8.14. The number of hydrogen-bond acceptors (Lipinski definition) is 5. The summed E-state index contributed by atoms with van der Waals surface area (Å²) in [6.07, 6.45) is 5.50. The van der Waals surface area contributed by atoms with Gasteiger partial charge in [0, 0.05) is 43.4 Å². The molecule has 1 spiro atoms. The van der Waals surface area contributed by atoms with E-state index in [0.29, 0.717) is 32.5 Å². The average molecular weight is 552 g/mol. The molecule has 0 unspecified atom stereocenters. The molecule has 0 saturated carbocycles. The molecule has 0 radical (unpaired) electrons. The maximum Gasteiger partial charge on any atom is 0.246 e. The van der Waals surface area contributed by atoms with Crippen molar-refractivity contribution in [2.75, 3.05) is 44.6 Å². The van der Waals surface area contributed by atoms with Crippen molar-refractivity contribution >= 4 is 17.7 Å². The van der Waals surface area contributed by atoms with Crippen molar-refractivity contribution in [1.82, 2.24) is 9.80 Å². The number of carbonyl (C=O) groups is 1. The molecular weight excluding hydrogens is 498 g/mol. The SMILES string of the molecule is CC.CC.CC.O=C(/C=C/c1ccccc1)N1CCC(O)([C@@H](O)CN2CCC3(CC2)CNc2ccccc23)CC1. The summed E-state index contributed by atoms with van der Waals surface area (Å²) < 4.78 is 0. The van der Waals surface area contributed by atoms with Crippen LogP contribution in [0.3, 0.4) is 0 Å². The summed E-state index contributed by atoms with van der Waals surface area (Å²) in [7, 11) is 0. The second-order valence-corrected chi connectivity index (χ2v) is 10.2. The number of aliphatic hydroxyl groups excluding tert-OH is 1. The van der Waals surface area contributed by atoms with Crippen LogP contribution in [0.2, 0.25) is 0 Å². The Morgan fingerprint density at radius 2 is 1.45 bits per heavy atom. The molecule has 3 N–H and O–H groups in total. The number of piperidine rings is 2. The van der Waals surface area contributed by atoms with E-state index in [2.05, 4.69) is 34.5 Å². The average Bonchev–Trinajstić information content (AvgIpc) is 3.39. The zero-order chi connectivity index (χ0) is 29.6. The van der Waals surface area contributed by atoms with Crippen LogP contribution in [0, 0.1) is 0 Å². The van der Waals surface area contributed by atoms with E-state index < -0.39 is 11.7 Å². The Hall–Kier alpha value is -2.67. The number of likely N-dealkylation sites (tertiary alicyclic amines) is 2. The second kappa shape index (κ2) is 16.6. The maximum atomic E-state index is 12.6. The van der Waals surface area contributed by atoms with Crippen molar-refractivity contribution < 1.29 is 15.0 Å². The van der Waals surface area contributed by atoms with Crippen LogP contribution in [-0.2, 0) is 10.2 Å². The molecule has 0 aliphatic carbocycles. The standard InChI is InChI=1S/C28H35N3O3.3C2H6/c32-25(20-30-16-12-27(13-17-30)21-29-24-9-5-4-8-23(24)27)28(34)14-18-31(19-15-28)26(33)11-10-22-6-2-1-3-7-22;3*1-2/h1-11,25,29,32,34H,12-21H2;3*1-2H3/b11-10+;;;/t25-;;;/m0.../s1. The predicted octanol–water partition coefficient (Wildman–Crippen LogP) is 5.95. The zero-order valence-corrected chi connectivity index (χ0v) is 25.7. The third-order valence-electron chi connectivity index (χ3n) is 8.14. The highest BCUT2D eigenvalue weighted by atomic mass is 16.3. The second-order valence-electron chi connectivity index (χ2n) is 10.2. The molecule has 0 aromatic heterocycles. The lowest BCUT2D eigenvalue weighted by Gasteiger charge is -2.44. The van der Waals surface area contributed by atoms with Gasteiger partial charge in [0.05, 0.1) is 11.7 Å². The highest BCUT2D eigenvalue weighted by Gasteiger charge is 2.44. The maximum absolute atomic E-state index is 12.6. The largest absolute Gasteiger partial charge is 0.389 e. The van der Waals surface area contributed by atoms with Crippen molar-refractivity contribution in [3.8, 4) is 0 Å². The number of fused-ring (bicyclic) bond motifs is 2.